The predicted octanol–water partition coefficient (Wildman–Crippen LogP) is 2.48. The van der Waals surface area contributed by atoms with Crippen molar-refractivity contribution in [1.29, 1.82) is 0 Å². The van der Waals surface area contributed by atoms with Crippen molar-refractivity contribution in [3.8, 4) is 16.9 Å². The Kier molecular flexibility index (Phi) is 7.66. The third-order valence-electron chi connectivity index (χ3n) is 6.35. The number of fused-ring (bicyclic) bond motifs is 3. The van der Waals surface area contributed by atoms with E-state index in [9.17, 15) is 22.4 Å². The van der Waals surface area contributed by atoms with Gasteiger partial charge in [-0.25, -0.2) is 0 Å². The van der Waals surface area contributed by atoms with Crippen LogP contribution in [0.25, 0.3) is 17.2 Å². The third kappa shape index (κ3) is 5.66. The summed E-state index contributed by atoms with van der Waals surface area (Å²) in [5, 5.41) is 0. The van der Waals surface area contributed by atoms with Gasteiger partial charge in [0.2, 0.25) is 0 Å². The summed E-state index contributed by atoms with van der Waals surface area (Å²) in [6, 6.07) is 8.61. The second-order valence-electron chi connectivity index (χ2n) is 9.04. The summed E-state index contributed by atoms with van der Waals surface area (Å²) in [4.78, 5) is 25.9. The molecule has 12 heteroatoms. The zero-order chi connectivity index (χ0) is 27.7. The van der Waals surface area contributed by atoms with Crippen molar-refractivity contribution >= 4 is 45.1 Å². The van der Waals surface area contributed by atoms with E-state index >= 15 is 0 Å². The average Bonchev–Trinajstić information content (AvgIpc) is 3.35. The SMILES string of the molecule is COC(=O)c1c([AsH]S(=O)(=O)c2ccc(F)cc2/C=C\CN2CC(OC(C)=O)C2)ccc2c1OCc1occc1-2. The van der Waals surface area contributed by atoms with Crippen molar-refractivity contribution in [1.82, 2.24) is 4.90 Å². The van der Waals surface area contributed by atoms with Crippen LogP contribution in [0, 0.1) is 5.82 Å². The first-order valence-electron chi connectivity index (χ1n) is 12.0. The summed E-state index contributed by atoms with van der Waals surface area (Å²) < 4.78 is 63.1. The van der Waals surface area contributed by atoms with E-state index in [0.29, 0.717) is 35.3 Å². The van der Waals surface area contributed by atoms with Gasteiger partial charge >= 0.3 is 231 Å². The summed E-state index contributed by atoms with van der Waals surface area (Å²) in [6.45, 7) is 3.08. The second kappa shape index (κ2) is 11.0. The number of hydrogen-bond acceptors (Lipinski definition) is 9. The van der Waals surface area contributed by atoms with Crippen LogP contribution in [0.4, 0.5) is 4.39 Å². The van der Waals surface area contributed by atoms with Gasteiger partial charge in [-0.05, 0) is 0 Å². The van der Waals surface area contributed by atoms with E-state index in [1.54, 1.807) is 30.4 Å². The average molecular weight is 617 g/mol. The Balaban J connectivity index is 1.41. The van der Waals surface area contributed by atoms with Crippen LogP contribution in [0.1, 0.15) is 28.6 Å². The summed E-state index contributed by atoms with van der Waals surface area (Å²) in [6.07, 6.45) is 4.68. The summed E-state index contributed by atoms with van der Waals surface area (Å²) in [5.41, 5.74) is 1.67. The first kappa shape index (κ1) is 27.2. The molecule has 0 saturated carbocycles. The molecule has 39 heavy (non-hydrogen) atoms. The van der Waals surface area contributed by atoms with Gasteiger partial charge in [-0.3, -0.25) is 0 Å². The van der Waals surface area contributed by atoms with Gasteiger partial charge in [0.15, 0.2) is 0 Å². The fraction of sp³-hybridized carbons (Fsp3) is 0.259. The fourth-order valence-corrected chi connectivity index (χ4v) is 11.2. The number of likely N-dealkylation sites (tertiary alicyclic amines) is 1. The van der Waals surface area contributed by atoms with Crippen molar-refractivity contribution in [3.63, 3.8) is 0 Å². The zero-order valence-corrected chi connectivity index (χ0v) is 24.0. The van der Waals surface area contributed by atoms with Crippen LogP contribution < -0.4 is 9.09 Å². The van der Waals surface area contributed by atoms with Crippen LogP contribution in [0.15, 0.2) is 58.1 Å². The molecular weight excluding hydrogens is 592 g/mol. The third-order valence-corrected chi connectivity index (χ3v) is 13.1. The first-order valence-corrected chi connectivity index (χ1v) is 17.1. The Labute approximate surface area is 230 Å². The monoisotopic (exact) mass is 617 g/mol. The molecule has 5 rings (SSSR count). The van der Waals surface area contributed by atoms with E-state index in [1.807, 2.05) is 4.90 Å². The number of carbonyl (C=O) groups excluding carboxylic acids is 2. The number of hydrogen-bond donors (Lipinski definition) is 0. The van der Waals surface area contributed by atoms with Crippen LogP contribution in [0.3, 0.4) is 0 Å². The molecule has 2 aromatic carbocycles. The second-order valence-corrected chi connectivity index (χ2v) is 16.5. The minimum absolute atomic E-state index is 0.0203. The molecule has 1 saturated heterocycles. The molecule has 0 aliphatic carbocycles. The molecule has 0 amide bonds. The molecule has 1 atom stereocenters. The van der Waals surface area contributed by atoms with Crippen LogP contribution in [0.5, 0.6) is 5.75 Å². The molecule has 204 valence electrons. The van der Waals surface area contributed by atoms with Crippen molar-refractivity contribution in [2.24, 2.45) is 0 Å². The molecule has 1 fully saturated rings. The molecule has 1 aromatic heterocycles. The number of halogens is 1. The van der Waals surface area contributed by atoms with Gasteiger partial charge in [-0.2, -0.15) is 0 Å². The number of esters is 2. The number of benzene rings is 2. The topological polar surface area (TPSA) is 112 Å². The summed E-state index contributed by atoms with van der Waals surface area (Å²) in [7, 11) is -2.69. The molecule has 0 bridgehead atoms. The molecule has 9 nitrogen and oxygen atoms in total. The number of furan rings is 1. The predicted molar refractivity (Wildman–Crippen MR) is 141 cm³/mol. The van der Waals surface area contributed by atoms with Crippen LogP contribution in [-0.4, -0.2) is 72.7 Å². The van der Waals surface area contributed by atoms with Gasteiger partial charge in [0.05, 0.1) is 0 Å². The van der Waals surface area contributed by atoms with Crippen LogP contribution >= 0.6 is 0 Å². The van der Waals surface area contributed by atoms with E-state index in [4.69, 9.17) is 18.6 Å². The maximum absolute atomic E-state index is 14.1. The van der Waals surface area contributed by atoms with E-state index < -0.39 is 34.5 Å². The Morgan fingerprint density at radius 2 is 1.97 bits per heavy atom. The Morgan fingerprint density at radius 1 is 1.18 bits per heavy atom. The number of carbonyl (C=O) groups is 2. The van der Waals surface area contributed by atoms with Gasteiger partial charge in [-0.15, -0.1) is 0 Å². The molecular formula is C27H25AsFNO8S. The van der Waals surface area contributed by atoms with E-state index in [0.717, 1.165) is 11.6 Å². The number of nitrogens with zero attached hydrogens (tertiary/aromatic N) is 1. The van der Waals surface area contributed by atoms with Gasteiger partial charge in [0, 0.05) is 0 Å². The summed E-state index contributed by atoms with van der Waals surface area (Å²) in [5.74, 6) is -0.736. The van der Waals surface area contributed by atoms with Gasteiger partial charge in [-0.1, -0.05) is 0 Å². The Hall–Kier alpha value is -3.40. The molecule has 3 heterocycles. The molecule has 1 unspecified atom stereocenters. The van der Waals surface area contributed by atoms with Crippen molar-refractivity contribution in [3.05, 3.63) is 71.4 Å². The minimum atomic E-state index is -3.91. The van der Waals surface area contributed by atoms with Crippen LogP contribution in [-0.2, 0) is 29.0 Å². The fourth-order valence-electron chi connectivity index (χ4n) is 4.57. The van der Waals surface area contributed by atoms with Gasteiger partial charge in [0.1, 0.15) is 0 Å². The number of methoxy groups -OCH3 is 1. The van der Waals surface area contributed by atoms with Crippen molar-refractivity contribution < 1.29 is 41.0 Å². The number of ether oxygens (including phenoxy) is 3. The molecule has 0 N–H and O–H groups in total. The van der Waals surface area contributed by atoms with Gasteiger partial charge in [0.25, 0.3) is 0 Å². The molecule has 2 aliphatic heterocycles. The van der Waals surface area contributed by atoms with E-state index in [2.05, 4.69) is 0 Å². The maximum atomic E-state index is 14.1. The molecule has 0 spiro atoms. The molecule has 3 aromatic rings. The summed E-state index contributed by atoms with van der Waals surface area (Å²) >= 11 is -2.02. The Morgan fingerprint density at radius 3 is 2.72 bits per heavy atom. The van der Waals surface area contributed by atoms with Crippen LogP contribution in [0.2, 0.25) is 0 Å². The quantitative estimate of drug-likeness (QED) is 0.278. The van der Waals surface area contributed by atoms with Crippen molar-refractivity contribution in [2.45, 2.75) is 24.5 Å². The Bertz CT molecular complexity index is 1580. The van der Waals surface area contributed by atoms with Gasteiger partial charge < -0.3 is 0 Å². The molecule has 2 aliphatic rings. The first-order chi connectivity index (χ1) is 18.7. The van der Waals surface area contributed by atoms with E-state index in [-0.39, 0.29) is 40.5 Å². The number of rotatable bonds is 8. The van der Waals surface area contributed by atoms with E-state index in [1.165, 1.54) is 32.4 Å². The molecule has 0 radical (unpaired) electrons. The normalized spacial score (nSPS) is 15.6. The standard InChI is InChI=1S/C27H25AsFNO8S/c1-16(31)38-19-13-30(14-19)10-3-4-17-12-18(29)5-8-24(17)39(33,34)28-22-7-6-21-20-9-11-36-23(20)15-37-26(21)25(22)27(32)35-2/h3-9,11-12,19,28H,10,13-15H2,1-2H3/b4-3-. The zero-order valence-electron chi connectivity index (χ0n) is 21.1. The van der Waals surface area contributed by atoms with Crippen molar-refractivity contribution in [2.75, 3.05) is 26.7 Å².